The summed E-state index contributed by atoms with van der Waals surface area (Å²) in [5, 5.41) is -0.433. The molecule has 0 aliphatic heterocycles. The van der Waals surface area contributed by atoms with E-state index in [1.165, 1.54) is 6.92 Å². The molecular weight excluding hydrogens is 206 g/mol. The SMILES string of the molecule is CC(=O)CC(P(C)(C)=O)P(C)(C)=O. The van der Waals surface area contributed by atoms with Crippen molar-refractivity contribution in [1.82, 2.24) is 0 Å². The molecule has 0 bridgehead atoms. The zero-order valence-corrected chi connectivity index (χ0v) is 10.7. The second-order valence-corrected chi connectivity index (χ2v) is 11.6. The Kier molecular flexibility index (Phi) is 4.15. The second-order valence-electron chi connectivity index (χ2n) is 4.26. The van der Waals surface area contributed by atoms with E-state index in [0.29, 0.717) is 0 Å². The Morgan fingerprint density at radius 2 is 1.38 bits per heavy atom. The van der Waals surface area contributed by atoms with E-state index < -0.39 is 19.7 Å². The molecular formula is C8H18O3P2. The molecule has 78 valence electrons. The summed E-state index contributed by atoms with van der Waals surface area (Å²) >= 11 is 0. The van der Waals surface area contributed by atoms with Crippen LogP contribution in [-0.2, 0) is 13.9 Å². The molecule has 0 fully saturated rings. The first kappa shape index (κ1) is 13.1. The maximum absolute atomic E-state index is 11.8. The average molecular weight is 224 g/mol. The summed E-state index contributed by atoms with van der Waals surface area (Å²) in [7, 11) is -4.87. The molecule has 0 atom stereocenters. The molecule has 0 radical (unpaired) electrons. The van der Waals surface area contributed by atoms with E-state index in [9.17, 15) is 13.9 Å². The third-order valence-corrected chi connectivity index (χ3v) is 8.48. The Hall–Kier alpha value is 0.130. The number of rotatable bonds is 4. The van der Waals surface area contributed by atoms with Gasteiger partial charge in [0.1, 0.15) is 5.78 Å². The van der Waals surface area contributed by atoms with Crippen LogP contribution in [0.15, 0.2) is 0 Å². The molecule has 0 N–H and O–H groups in total. The molecule has 0 unspecified atom stereocenters. The fraction of sp³-hybridized carbons (Fsp3) is 0.875. The first-order valence-electron chi connectivity index (χ1n) is 4.14. The standard InChI is InChI=1S/C8H18O3P2/c1-7(9)6-8(12(2,3)10)13(4,5)11/h8H,6H2,1-5H3. The normalized spacial score (nSPS) is 13.4. The first-order chi connectivity index (χ1) is 5.55. The molecule has 0 aromatic rings. The fourth-order valence-electron chi connectivity index (χ4n) is 1.37. The van der Waals surface area contributed by atoms with E-state index in [1.807, 2.05) is 0 Å². The Morgan fingerprint density at radius 1 is 1.08 bits per heavy atom. The van der Waals surface area contributed by atoms with Gasteiger partial charge in [-0.15, -0.1) is 0 Å². The van der Waals surface area contributed by atoms with Crippen LogP contribution < -0.4 is 0 Å². The molecule has 0 saturated heterocycles. The number of carbonyl (C=O) groups is 1. The molecule has 0 amide bonds. The zero-order chi connectivity index (χ0) is 10.9. The highest BCUT2D eigenvalue weighted by Gasteiger charge is 2.34. The summed E-state index contributed by atoms with van der Waals surface area (Å²) in [4.78, 5) is 10.9. The van der Waals surface area contributed by atoms with Gasteiger partial charge >= 0.3 is 0 Å². The minimum atomic E-state index is -2.44. The molecule has 0 rings (SSSR count). The lowest BCUT2D eigenvalue weighted by Crippen LogP contribution is -2.12. The van der Waals surface area contributed by atoms with Crippen LogP contribution in [-0.4, -0.2) is 37.8 Å². The molecule has 0 saturated carbocycles. The molecule has 0 aromatic carbocycles. The van der Waals surface area contributed by atoms with Crippen molar-refractivity contribution in [2.24, 2.45) is 0 Å². The van der Waals surface area contributed by atoms with Crippen molar-refractivity contribution in [3.05, 3.63) is 0 Å². The van der Waals surface area contributed by atoms with Crippen molar-refractivity contribution >= 4 is 20.1 Å². The van der Waals surface area contributed by atoms with E-state index in [0.717, 1.165) is 0 Å². The van der Waals surface area contributed by atoms with Gasteiger partial charge < -0.3 is 9.13 Å². The van der Waals surface area contributed by atoms with Gasteiger partial charge in [-0.25, -0.2) is 0 Å². The molecule has 3 nitrogen and oxygen atoms in total. The van der Waals surface area contributed by atoms with E-state index in [4.69, 9.17) is 0 Å². The second kappa shape index (κ2) is 4.11. The van der Waals surface area contributed by atoms with Gasteiger partial charge in [-0.1, -0.05) is 0 Å². The lowest BCUT2D eigenvalue weighted by molar-refractivity contribution is -0.116. The predicted molar refractivity (Wildman–Crippen MR) is 58.0 cm³/mol. The van der Waals surface area contributed by atoms with Gasteiger partial charge in [0.05, 0.1) is 19.7 Å². The number of hydrogen-bond donors (Lipinski definition) is 0. The lowest BCUT2D eigenvalue weighted by Gasteiger charge is -2.24. The van der Waals surface area contributed by atoms with Gasteiger partial charge in [-0.2, -0.15) is 0 Å². The van der Waals surface area contributed by atoms with Crippen LogP contribution in [0.1, 0.15) is 13.3 Å². The van der Waals surface area contributed by atoms with Gasteiger partial charge in [0.2, 0.25) is 0 Å². The van der Waals surface area contributed by atoms with Gasteiger partial charge in [0.25, 0.3) is 0 Å². The molecule has 0 aliphatic rings. The minimum absolute atomic E-state index is 0.0437. The van der Waals surface area contributed by atoms with Crippen LogP contribution >= 0.6 is 14.3 Å². The highest BCUT2D eigenvalue weighted by molar-refractivity contribution is 7.80. The van der Waals surface area contributed by atoms with Crippen molar-refractivity contribution in [2.75, 3.05) is 26.7 Å². The highest BCUT2D eigenvalue weighted by atomic mass is 31.2. The molecule has 13 heavy (non-hydrogen) atoms. The smallest absolute Gasteiger partial charge is 0.131 e. The summed E-state index contributed by atoms with van der Waals surface area (Å²) < 4.78 is 23.5. The van der Waals surface area contributed by atoms with Crippen LogP contribution in [0.3, 0.4) is 0 Å². The van der Waals surface area contributed by atoms with Crippen molar-refractivity contribution in [1.29, 1.82) is 0 Å². The topological polar surface area (TPSA) is 51.2 Å². The van der Waals surface area contributed by atoms with Crippen LogP contribution in [0.4, 0.5) is 0 Å². The van der Waals surface area contributed by atoms with Crippen molar-refractivity contribution in [2.45, 2.75) is 18.7 Å². The monoisotopic (exact) mass is 224 g/mol. The van der Waals surface area contributed by atoms with Gasteiger partial charge in [0.15, 0.2) is 0 Å². The first-order valence-corrected chi connectivity index (χ1v) is 9.48. The summed E-state index contributed by atoms with van der Waals surface area (Å²) in [5.41, 5.74) is 0. The number of ketones is 1. The van der Waals surface area contributed by atoms with Gasteiger partial charge in [0, 0.05) is 6.42 Å². The van der Waals surface area contributed by atoms with Crippen molar-refractivity contribution in [3.8, 4) is 0 Å². The van der Waals surface area contributed by atoms with Crippen LogP contribution in [0.2, 0.25) is 0 Å². The Balaban J connectivity index is 4.90. The molecule has 0 spiro atoms. The van der Waals surface area contributed by atoms with E-state index in [1.54, 1.807) is 26.7 Å². The highest BCUT2D eigenvalue weighted by Crippen LogP contribution is 2.62. The Labute approximate surface area is 80.0 Å². The largest absolute Gasteiger partial charge is 0.323 e. The Bertz CT molecular complexity index is 262. The number of hydrogen-bond acceptors (Lipinski definition) is 3. The van der Waals surface area contributed by atoms with E-state index in [-0.39, 0.29) is 12.2 Å². The maximum Gasteiger partial charge on any atom is 0.131 e. The molecule has 0 aliphatic carbocycles. The summed E-state index contributed by atoms with van der Waals surface area (Å²) in [6, 6.07) is 0. The van der Waals surface area contributed by atoms with E-state index >= 15 is 0 Å². The number of Topliss-reactive ketones (excluding diaryl/α,β-unsaturated/α-hetero) is 1. The fourth-order valence-corrected chi connectivity index (χ4v) is 8.12. The van der Waals surface area contributed by atoms with Crippen molar-refractivity contribution in [3.63, 3.8) is 0 Å². The number of carbonyl (C=O) groups excluding carboxylic acids is 1. The molecule has 0 heterocycles. The lowest BCUT2D eigenvalue weighted by atomic mass is 10.3. The summed E-state index contributed by atoms with van der Waals surface area (Å²) in [6.07, 6.45) is 0.175. The van der Waals surface area contributed by atoms with Crippen LogP contribution in [0.25, 0.3) is 0 Å². The third-order valence-electron chi connectivity index (χ3n) is 1.91. The molecule has 0 aromatic heterocycles. The van der Waals surface area contributed by atoms with Crippen LogP contribution in [0.5, 0.6) is 0 Å². The van der Waals surface area contributed by atoms with Crippen molar-refractivity contribution < 1.29 is 13.9 Å². The maximum atomic E-state index is 11.8. The summed E-state index contributed by atoms with van der Waals surface area (Å²) in [6.45, 7) is 7.83. The van der Waals surface area contributed by atoms with Crippen LogP contribution in [0, 0.1) is 0 Å². The predicted octanol–water partition coefficient (Wildman–Crippen LogP) is 2.54. The van der Waals surface area contributed by atoms with E-state index in [2.05, 4.69) is 0 Å². The third kappa shape index (κ3) is 4.78. The minimum Gasteiger partial charge on any atom is -0.323 e. The average Bonchev–Trinajstić information content (AvgIpc) is 1.77. The zero-order valence-electron chi connectivity index (χ0n) is 8.90. The van der Waals surface area contributed by atoms with Gasteiger partial charge in [-0.3, -0.25) is 4.79 Å². The molecule has 5 heteroatoms. The summed E-state index contributed by atoms with van der Waals surface area (Å²) in [5.74, 6) is -0.0437. The Morgan fingerprint density at radius 3 is 1.46 bits per heavy atom. The van der Waals surface area contributed by atoms with Gasteiger partial charge in [-0.05, 0) is 33.6 Å². The quantitative estimate of drug-likeness (QED) is 0.689.